The van der Waals surface area contributed by atoms with E-state index in [4.69, 9.17) is 11.6 Å². The lowest BCUT2D eigenvalue weighted by atomic mass is 10.3. The quantitative estimate of drug-likeness (QED) is 0.698. The van der Waals surface area contributed by atoms with Crippen molar-refractivity contribution in [3.05, 3.63) is 34.9 Å². The molecule has 3 heterocycles. The number of alkyl halides is 3. The summed E-state index contributed by atoms with van der Waals surface area (Å²) in [5.74, 6) is -0.686. The van der Waals surface area contributed by atoms with Gasteiger partial charge in [0.05, 0.1) is 22.8 Å². The molecule has 0 aliphatic rings. The van der Waals surface area contributed by atoms with Crippen LogP contribution in [0.4, 0.5) is 14.7 Å². The molecule has 0 spiro atoms. The van der Waals surface area contributed by atoms with Crippen molar-refractivity contribution in [2.45, 2.75) is 18.3 Å². The van der Waals surface area contributed by atoms with Gasteiger partial charge in [-0.1, -0.05) is 5.16 Å². The van der Waals surface area contributed by atoms with Gasteiger partial charge in [-0.15, -0.1) is 11.3 Å². The molecular weight excluding hydrogens is 350 g/mol. The number of nitrogens with zero attached hydrogens (tertiary/aromatic N) is 5. The third kappa shape index (κ3) is 3.59. The van der Waals surface area contributed by atoms with Crippen molar-refractivity contribution in [3.8, 4) is 11.4 Å². The molecule has 11 heteroatoms. The molecule has 120 valence electrons. The molecule has 1 N–H and O–H groups in total. The van der Waals surface area contributed by atoms with Crippen LogP contribution in [-0.2, 0) is 5.38 Å². The second-order valence-electron chi connectivity index (χ2n) is 4.50. The molecule has 3 aromatic heterocycles. The predicted octanol–water partition coefficient (Wildman–Crippen LogP) is 3.44. The molecule has 0 fully saturated rings. The molecule has 1 atom stereocenters. The average Bonchev–Trinajstić information content (AvgIpc) is 3.19. The molecule has 3 aromatic rings. The van der Waals surface area contributed by atoms with Crippen LogP contribution >= 0.6 is 22.9 Å². The maximum absolute atomic E-state index is 12.8. The number of anilines is 1. The molecule has 0 radical (unpaired) electrons. The lowest BCUT2D eigenvalue weighted by Gasteiger charge is -2.10. The summed E-state index contributed by atoms with van der Waals surface area (Å²) < 4.78 is 30.1. The largest absolute Gasteiger partial charge is 0.400 e. The van der Waals surface area contributed by atoms with Gasteiger partial charge in [-0.2, -0.15) is 13.8 Å². The highest BCUT2D eigenvalue weighted by molar-refractivity contribution is 7.07. The van der Waals surface area contributed by atoms with Crippen molar-refractivity contribution in [1.82, 2.24) is 25.1 Å². The minimum Gasteiger partial charge on any atom is -0.346 e. The number of hydrogen-bond donors (Lipinski definition) is 1. The topological polar surface area (TPSA) is 89.6 Å². The Kier molecular flexibility index (Phi) is 4.18. The Bertz CT molecular complexity index is 774. The zero-order valence-electron chi connectivity index (χ0n) is 11.6. The van der Waals surface area contributed by atoms with Gasteiger partial charge in [0, 0.05) is 17.8 Å². The van der Waals surface area contributed by atoms with Crippen molar-refractivity contribution < 1.29 is 13.3 Å². The fraction of sp³-hybridized carbons (Fsp3) is 0.250. The fourth-order valence-electron chi connectivity index (χ4n) is 1.68. The van der Waals surface area contributed by atoms with Gasteiger partial charge in [0.15, 0.2) is 0 Å². The van der Waals surface area contributed by atoms with Crippen LogP contribution in [0.2, 0.25) is 0 Å². The van der Waals surface area contributed by atoms with Gasteiger partial charge in [0.2, 0.25) is 11.8 Å². The first kappa shape index (κ1) is 15.7. The third-order valence-corrected chi connectivity index (χ3v) is 3.59. The highest BCUT2D eigenvalue weighted by Gasteiger charge is 2.35. The Morgan fingerprint density at radius 1 is 1.30 bits per heavy atom. The van der Waals surface area contributed by atoms with Gasteiger partial charge in [0.25, 0.3) is 0 Å². The smallest absolute Gasteiger partial charge is 0.346 e. The number of aromatic nitrogens is 5. The van der Waals surface area contributed by atoms with Crippen LogP contribution < -0.4 is 5.32 Å². The zero-order valence-corrected chi connectivity index (χ0v) is 13.1. The summed E-state index contributed by atoms with van der Waals surface area (Å²) in [6, 6.07) is -0.0705. The van der Waals surface area contributed by atoms with Crippen LogP contribution in [-0.4, -0.2) is 25.1 Å². The lowest BCUT2D eigenvalue weighted by Crippen LogP contribution is -2.09. The van der Waals surface area contributed by atoms with E-state index in [2.05, 4.69) is 34.9 Å². The van der Waals surface area contributed by atoms with Crippen LogP contribution in [0, 0.1) is 0 Å². The molecule has 7 nitrogen and oxygen atoms in total. The summed E-state index contributed by atoms with van der Waals surface area (Å²) >= 11 is 6.31. The van der Waals surface area contributed by atoms with E-state index in [9.17, 15) is 8.78 Å². The number of rotatable bonds is 5. The highest BCUT2D eigenvalue weighted by Crippen LogP contribution is 2.31. The van der Waals surface area contributed by atoms with Gasteiger partial charge in [-0.3, -0.25) is 0 Å². The molecule has 0 saturated carbocycles. The molecule has 3 rings (SSSR count). The summed E-state index contributed by atoms with van der Waals surface area (Å²) in [4.78, 5) is 15.9. The Morgan fingerprint density at radius 2 is 2.04 bits per heavy atom. The maximum Gasteiger partial charge on any atom is 0.400 e. The van der Waals surface area contributed by atoms with E-state index in [-0.39, 0.29) is 11.9 Å². The van der Waals surface area contributed by atoms with Gasteiger partial charge >= 0.3 is 11.3 Å². The van der Waals surface area contributed by atoms with Gasteiger partial charge in [-0.25, -0.2) is 15.0 Å². The van der Waals surface area contributed by atoms with E-state index in [0.717, 1.165) is 5.69 Å². The molecule has 0 saturated heterocycles. The average molecular weight is 359 g/mol. The molecule has 0 amide bonds. The highest BCUT2D eigenvalue weighted by atomic mass is 35.5. The van der Waals surface area contributed by atoms with Crippen molar-refractivity contribution in [2.24, 2.45) is 0 Å². The van der Waals surface area contributed by atoms with Crippen molar-refractivity contribution >= 4 is 28.9 Å². The van der Waals surface area contributed by atoms with E-state index < -0.39 is 11.3 Å². The van der Waals surface area contributed by atoms with E-state index in [0.29, 0.717) is 11.5 Å². The van der Waals surface area contributed by atoms with Crippen LogP contribution in [0.3, 0.4) is 0 Å². The van der Waals surface area contributed by atoms with Crippen molar-refractivity contribution in [2.75, 3.05) is 5.32 Å². The SMILES string of the molecule is CC(Nc1ncc(-c2noc(C(F)(F)Cl)n2)cn1)c1cscn1. The molecule has 23 heavy (non-hydrogen) atoms. The molecule has 0 aliphatic carbocycles. The number of nitrogens with one attached hydrogen (secondary N) is 1. The van der Waals surface area contributed by atoms with E-state index >= 15 is 0 Å². The van der Waals surface area contributed by atoms with Gasteiger partial charge in [-0.05, 0) is 18.5 Å². The summed E-state index contributed by atoms with van der Waals surface area (Å²) in [5, 5.41) is 4.70. The Morgan fingerprint density at radius 3 is 2.61 bits per heavy atom. The molecule has 1 unspecified atom stereocenters. The zero-order chi connectivity index (χ0) is 16.4. The summed E-state index contributed by atoms with van der Waals surface area (Å²) in [6.45, 7) is 1.92. The van der Waals surface area contributed by atoms with E-state index in [1.165, 1.54) is 23.7 Å². The first-order valence-corrected chi connectivity index (χ1v) is 7.63. The van der Waals surface area contributed by atoms with Crippen molar-refractivity contribution in [3.63, 3.8) is 0 Å². The number of thiazole rings is 1. The molecule has 0 aromatic carbocycles. The van der Waals surface area contributed by atoms with E-state index in [1.807, 2.05) is 12.3 Å². The van der Waals surface area contributed by atoms with Gasteiger partial charge in [0.1, 0.15) is 0 Å². The van der Waals surface area contributed by atoms with Crippen molar-refractivity contribution in [1.29, 1.82) is 0 Å². The Balaban J connectivity index is 1.73. The lowest BCUT2D eigenvalue weighted by molar-refractivity contribution is 0.0551. The third-order valence-electron chi connectivity index (χ3n) is 2.82. The standard InChI is InChI=1S/C12H9ClF2N6OS/c1-6(8-4-23-5-18-8)19-11-16-2-7(3-17-11)9-20-10(22-21-9)12(13,14)15/h2-6H,1H3,(H,16,17,19). The summed E-state index contributed by atoms with van der Waals surface area (Å²) in [6.07, 6.45) is 2.79. The maximum atomic E-state index is 12.8. The van der Waals surface area contributed by atoms with Crippen LogP contribution in [0.25, 0.3) is 11.4 Å². The predicted molar refractivity (Wildman–Crippen MR) is 79.2 cm³/mol. The summed E-state index contributed by atoms with van der Waals surface area (Å²) in [5.41, 5.74) is 2.93. The molecule has 0 aliphatic heterocycles. The van der Waals surface area contributed by atoms with Gasteiger partial charge < -0.3 is 9.84 Å². The van der Waals surface area contributed by atoms with E-state index in [1.54, 1.807) is 5.51 Å². The fourth-order valence-corrected chi connectivity index (χ4v) is 2.40. The van der Waals surface area contributed by atoms with Crippen LogP contribution in [0.15, 0.2) is 27.8 Å². The Hall–Kier alpha value is -2.20. The molecule has 0 bridgehead atoms. The number of halogens is 3. The Labute approximate surface area is 137 Å². The minimum atomic E-state index is -3.71. The normalized spacial score (nSPS) is 13.0. The first-order valence-electron chi connectivity index (χ1n) is 6.31. The van der Waals surface area contributed by atoms with Crippen LogP contribution in [0.5, 0.6) is 0 Å². The summed E-state index contributed by atoms with van der Waals surface area (Å²) in [7, 11) is 0. The van der Waals surface area contributed by atoms with Crippen LogP contribution in [0.1, 0.15) is 24.6 Å². The second-order valence-corrected chi connectivity index (χ2v) is 5.69. The molecular formula is C12H9ClF2N6OS. The first-order chi connectivity index (χ1) is 10.9. The second kappa shape index (κ2) is 6.13. The monoisotopic (exact) mass is 358 g/mol. The number of hydrogen-bond acceptors (Lipinski definition) is 8. The minimum absolute atomic E-state index is 0.0700.